The van der Waals surface area contributed by atoms with E-state index in [1.54, 1.807) is 9.80 Å². The van der Waals surface area contributed by atoms with Gasteiger partial charge in [0.15, 0.2) is 0 Å². The van der Waals surface area contributed by atoms with Crippen LogP contribution in [0, 0.1) is 23.7 Å². The maximum absolute atomic E-state index is 13.5. The number of carbonyl (C=O) groups is 4. The van der Waals surface area contributed by atoms with Gasteiger partial charge in [0.25, 0.3) is 0 Å². The van der Waals surface area contributed by atoms with Crippen molar-refractivity contribution >= 4 is 23.9 Å². The molecule has 4 atom stereocenters. The molecule has 0 amide bonds. The van der Waals surface area contributed by atoms with Gasteiger partial charge in [-0.1, -0.05) is 0 Å². The van der Waals surface area contributed by atoms with Crippen molar-refractivity contribution in [1.29, 1.82) is 0 Å². The van der Waals surface area contributed by atoms with E-state index in [2.05, 4.69) is 132 Å². The maximum atomic E-state index is 13.5. The number of nitrogens with one attached hydrogen (secondary N) is 4. The number of rotatable bonds is 19. The molecule has 4 rings (SSSR count). The fourth-order valence-corrected chi connectivity index (χ4v) is 11.1. The van der Waals surface area contributed by atoms with Gasteiger partial charge >= 0.3 is 23.9 Å². The van der Waals surface area contributed by atoms with Crippen molar-refractivity contribution in [1.82, 2.24) is 31.1 Å². The van der Waals surface area contributed by atoms with Gasteiger partial charge in [-0.3, -0.25) is 29.0 Å². The zero-order valence-corrected chi connectivity index (χ0v) is 40.4. The van der Waals surface area contributed by atoms with E-state index in [9.17, 15) is 19.2 Å². The fraction of sp³-hybridized carbons (Fsp3) is 0.913. The van der Waals surface area contributed by atoms with E-state index in [1.807, 2.05) is 0 Å². The predicted molar refractivity (Wildman–Crippen MR) is 234 cm³/mol. The van der Waals surface area contributed by atoms with Crippen LogP contribution in [-0.4, -0.2) is 144 Å². The first-order chi connectivity index (χ1) is 27.2. The van der Waals surface area contributed by atoms with Crippen LogP contribution in [-0.2, 0) is 38.1 Å². The molecule has 0 bridgehead atoms. The topological polar surface area (TPSA) is 160 Å². The van der Waals surface area contributed by atoms with Crippen LogP contribution in [0.4, 0.5) is 0 Å². The largest absolute Gasteiger partial charge is 0.464 e. The zero-order chi connectivity index (χ0) is 45.3. The summed E-state index contributed by atoms with van der Waals surface area (Å²) >= 11 is 0. The van der Waals surface area contributed by atoms with Crippen LogP contribution in [0.25, 0.3) is 0 Å². The minimum atomic E-state index is -0.456. The number of esters is 4. The molecule has 4 heterocycles. The summed E-state index contributed by atoms with van der Waals surface area (Å²) in [5.41, 5.74) is -1.18. The van der Waals surface area contributed by atoms with Gasteiger partial charge in [-0.15, -0.1) is 0 Å². The Bertz CT molecular complexity index is 1320. The van der Waals surface area contributed by atoms with E-state index in [-0.39, 0.29) is 134 Å². The summed E-state index contributed by atoms with van der Waals surface area (Å²) in [6.45, 7) is 34.8. The van der Waals surface area contributed by atoms with Gasteiger partial charge in [-0.05, 0) is 136 Å². The van der Waals surface area contributed by atoms with Crippen molar-refractivity contribution < 1.29 is 38.1 Å². The Morgan fingerprint density at radius 3 is 0.717 bits per heavy atom. The summed E-state index contributed by atoms with van der Waals surface area (Å²) < 4.78 is 23.5. The van der Waals surface area contributed by atoms with E-state index >= 15 is 0 Å². The lowest BCUT2D eigenvalue weighted by Crippen LogP contribution is -2.47. The molecule has 346 valence electrons. The molecule has 0 aromatic rings. The summed E-state index contributed by atoms with van der Waals surface area (Å²) in [6, 6.07) is 0. The Balaban J connectivity index is 1.45. The highest BCUT2D eigenvalue weighted by Gasteiger charge is 2.47. The molecule has 60 heavy (non-hydrogen) atoms. The second-order valence-corrected chi connectivity index (χ2v) is 23.7. The van der Waals surface area contributed by atoms with Crippen LogP contribution >= 0.6 is 0 Å². The molecule has 4 fully saturated rings. The zero-order valence-electron chi connectivity index (χ0n) is 40.4. The Morgan fingerprint density at radius 2 is 0.567 bits per heavy atom. The van der Waals surface area contributed by atoms with Crippen LogP contribution in [0.3, 0.4) is 0 Å². The van der Waals surface area contributed by atoms with Gasteiger partial charge in [-0.2, -0.15) is 0 Å². The number of hydrogen-bond acceptors (Lipinski definition) is 14. The SMILES string of the molecule is CC1(C)CC(COC(=O)CN(CCN(CC(=O)OCC2CC(C)(C)NC2(C)C)CC(=O)OCC2CC(C)(C)NC2(C)C)CC(=O)OCC2CC(C)(C)NC2(C)C)C(C)(C)N1. The third-order valence-electron chi connectivity index (χ3n) is 13.7. The van der Waals surface area contributed by atoms with Gasteiger partial charge in [0.1, 0.15) is 0 Å². The Morgan fingerprint density at radius 1 is 0.383 bits per heavy atom. The molecular weight excluding hydrogens is 765 g/mol. The predicted octanol–water partition coefficient (Wildman–Crippen LogP) is 4.43. The lowest BCUT2D eigenvalue weighted by Gasteiger charge is -2.30. The second-order valence-electron chi connectivity index (χ2n) is 23.7. The van der Waals surface area contributed by atoms with Gasteiger partial charge in [0.2, 0.25) is 0 Å². The molecule has 4 aliphatic heterocycles. The van der Waals surface area contributed by atoms with Crippen LogP contribution in [0.15, 0.2) is 0 Å². The summed E-state index contributed by atoms with van der Waals surface area (Å²) in [5, 5.41) is 14.5. The van der Waals surface area contributed by atoms with Crippen LogP contribution in [0.5, 0.6) is 0 Å². The van der Waals surface area contributed by atoms with Crippen molar-refractivity contribution in [2.45, 2.75) is 181 Å². The summed E-state index contributed by atoms with van der Waals surface area (Å²) in [5.74, 6) is -1.37. The standard InChI is InChI=1S/C46H84N6O8/c1-39(2)19-31(43(9,10)47-39)27-57-35(53)23-51(24-36(54)58-28-32-20-40(3,4)48-44(32,11)12)17-18-52(25-37(55)59-29-33-21-41(5,6)49-45(33,13)14)26-38(56)60-30-34-22-42(7,8)50-46(34,15)16/h31-34,47-50H,17-30H2,1-16H3. The van der Waals surface area contributed by atoms with Crippen LogP contribution in [0.2, 0.25) is 0 Å². The Labute approximate surface area is 362 Å². The van der Waals surface area contributed by atoms with Gasteiger partial charge in [0, 0.05) is 81.1 Å². The third kappa shape index (κ3) is 14.6. The van der Waals surface area contributed by atoms with E-state index in [0.717, 1.165) is 25.7 Å². The fourth-order valence-electron chi connectivity index (χ4n) is 11.1. The quantitative estimate of drug-likeness (QED) is 0.107. The molecular formula is C46H84N6O8. The van der Waals surface area contributed by atoms with Crippen molar-refractivity contribution in [2.24, 2.45) is 23.7 Å². The maximum Gasteiger partial charge on any atom is 0.320 e. The average Bonchev–Trinajstić information content (AvgIpc) is 3.60. The molecule has 0 saturated carbocycles. The molecule has 4 aliphatic rings. The highest BCUT2D eigenvalue weighted by molar-refractivity contribution is 5.76. The first-order valence-corrected chi connectivity index (χ1v) is 22.4. The molecule has 0 radical (unpaired) electrons. The van der Waals surface area contributed by atoms with Crippen molar-refractivity contribution in [3.05, 3.63) is 0 Å². The highest BCUT2D eigenvalue weighted by atomic mass is 16.5. The normalized spacial score (nSPS) is 28.8. The monoisotopic (exact) mass is 849 g/mol. The lowest BCUT2D eigenvalue weighted by molar-refractivity contribution is -0.154. The molecule has 0 aromatic heterocycles. The minimum Gasteiger partial charge on any atom is -0.464 e. The van der Waals surface area contributed by atoms with E-state index in [1.165, 1.54) is 0 Å². The second kappa shape index (κ2) is 18.4. The number of hydrogen-bond donors (Lipinski definition) is 4. The van der Waals surface area contributed by atoms with Crippen LogP contribution < -0.4 is 21.3 Å². The molecule has 4 unspecified atom stereocenters. The van der Waals surface area contributed by atoms with Crippen molar-refractivity contribution in [3.63, 3.8) is 0 Å². The number of carbonyl (C=O) groups excluding carboxylic acids is 4. The average molecular weight is 849 g/mol. The summed E-state index contributed by atoms with van der Waals surface area (Å²) in [7, 11) is 0. The molecule has 0 aliphatic carbocycles. The Hall–Kier alpha value is -2.36. The minimum absolute atomic E-state index is 0.0810. The van der Waals surface area contributed by atoms with Gasteiger partial charge in [0.05, 0.1) is 52.6 Å². The molecule has 14 nitrogen and oxygen atoms in total. The molecule has 0 spiro atoms. The van der Waals surface area contributed by atoms with E-state index in [0.29, 0.717) is 0 Å². The van der Waals surface area contributed by atoms with Crippen molar-refractivity contribution in [2.75, 3.05) is 65.7 Å². The summed E-state index contributed by atoms with van der Waals surface area (Å²) in [6.07, 6.45) is 3.42. The molecule has 14 heteroatoms. The Kier molecular flexibility index (Phi) is 15.4. The van der Waals surface area contributed by atoms with Gasteiger partial charge in [-0.25, -0.2) is 0 Å². The smallest absolute Gasteiger partial charge is 0.320 e. The third-order valence-corrected chi connectivity index (χ3v) is 13.7. The van der Waals surface area contributed by atoms with Crippen LogP contribution in [0.1, 0.15) is 136 Å². The summed E-state index contributed by atoms with van der Waals surface area (Å²) in [4.78, 5) is 57.3. The first-order valence-electron chi connectivity index (χ1n) is 22.4. The first kappa shape index (κ1) is 50.3. The molecule has 4 saturated heterocycles. The van der Waals surface area contributed by atoms with E-state index < -0.39 is 23.9 Å². The lowest BCUT2D eigenvalue weighted by atomic mass is 9.88. The van der Waals surface area contributed by atoms with Gasteiger partial charge < -0.3 is 40.2 Å². The number of nitrogens with zero attached hydrogens (tertiary/aromatic N) is 2. The van der Waals surface area contributed by atoms with E-state index in [4.69, 9.17) is 18.9 Å². The molecule has 4 N–H and O–H groups in total. The molecule has 0 aromatic carbocycles. The highest BCUT2D eigenvalue weighted by Crippen LogP contribution is 2.39. The van der Waals surface area contributed by atoms with Crippen molar-refractivity contribution in [3.8, 4) is 0 Å². The number of ether oxygens (including phenoxy) is 4.